The summed E-state index contributed by atoms with van der Waals surface area (Å²) in [6, 6.07) is 6.93. The fraction of sp³-hybridized carbons (Fsp3) is 0.545. The summed E-state index contributed by atoms with van der Waals surface area (Å²) in [6.45, 7) is 1.84. The molecule has 0 saturated carbocycles. The third kappa shape index (κ3) is 6.57. The SMILES string of the molecule is C[Si](=O)CCCSCCc1ccccn1. The molecule has 0 aromatic carbocycles. The predicted octanol–water partition coefficient (Wildman–Crippen LogP) is 2.80. The molecule has 0 fully saturated rings. The smallest absolute Gasteiger partial charge is 0.273 e. The van der Waals surface area contributed by atoms with Crippen LogP contribution in [0.1, 0.15) is 12.1 Å². The Morgan fingerprint density at radius 2 is 2.27 bits per heavy atom. The Hall–Kier alpha value is -0.483. The van der Waals surface area contributed by atoms with Crippen molar-refractivity contribution in [2.75, 3.05) is 11.5 Å². The Morgan fingerprint density at radius 1 is 1.40 bits per heavy atom. The minimum Gasteiger partial charge on any atom is -0.389 e. The monoisotopic (exact) mass is 239 g/mol. The number of aryl methyl sites for hydroxylation is 1. The average Bonchev–Trinajstić information content (AvgIpc) is 2.24. The normalized spacial score (nSPS) is 10.2. The summed E-state index contributed by atoms with van der Waals surface area (Å²) in [6.07, 6.45) is 3.96. The molecule has 0 aliphatic rings. The summed E-state index contributed by atoms with van der Waals surface area (Å²) in [7, 11) is -1.25. The lowest BCUT2D eigenvalue weighted by molar-refractivity contribution is 0.563. The zero-order valence-electron chi connectivity index (χ0n) is 9.11. The van der Waals surface area contributed by atoms with Crippen molar-refractivity contribution in [1.82, 2.24) is 4.98 Å². The average molecular weight is 239 g/mol. The van der Waals surface area contributed by atoms with E-state index in [-0.39, 0.29) is 0 Å². The van der Waals surface area contributed by atoms with Crippen LogP contribution in [0, 0.1) is 0 Å². The maximum absolute atomic E-state index is 10.9. The fourth-order valence-electron chi connectivity index (χ4n) is 1.25. The van der Waals surface area contributed by atoms with Crippen LogP contribution < -0.4 is 0 Å². The van der Waals surface area contributed by atoms with Gasteiger partial charge in [0.25, 0.3) is 8.68 Å². The van der Waals surface area contributed by atoms with Gasteiger partial charge in [0.1, 0.15) is 0 Å². The molecule has 1 aromatic heterocycles. The molecule has 0 amide bonds. The molecule has 1 aromatic rings. The van der Waals surface area contributed by atoms with Crippen LogP contribution in [-0.2, 0) is 10.9 Å². The predicted molar refractivity (Wildman–Crippen MR) is 67.0 cm³/mol. The van der Waals surface area contributed by atoms with Crippen LogP contribution in [0.3, 0.4) is 0 Å². The maximum Gasteiger partial charge on any atom is 0.273 e. The number of hydrogen-bond donors (Lipinski definition) is 0. The third-order valence-corrected chi connectivity index (χ3v) is 4.17. The van der Waals surface area contributed by atoms with Gasteiger partial charge in [-0.25, -0.2) is 0 Å². The summed E-state index contributed by atoms with van der Waals surface area (Å²) in [5.41, 5.74) is 1.16. The lowest BCUT2D eigenvalue weighted by Crippen LogP contribution is -1.95. The Labute approximate surface area is 97.2 Å². The van der Waals surface area contributed by atoms with E-state index in [1.807, 2.05) is 36.6 Å². The second kappa shape index (κ2) is 7.76. The van der Waals surface area contributed by atoms with Gasteiger partial charge >= 0.3 is 0 Å². The molecular weight excluding hydrogens is 222 g/mol. The van der Waals surface area contributed by atoms with E-state index >= 15 is 0 Å². The summed E-state index contributed by atoms with van der Waals surface area (Å²) in [5.74, 6) is 2.23. The molecule has 0 saturated heterocycles. The van der Waals surface area contributed by atoms with Gasteiger partial charge in [-0.05, 0) is 49.1 Å². The zero-order chi connectivity index (χ0) is 10.9. The topological polar surface area (TPSA) is 30.0 Å². The van der Waals surface area contributed by atoms with Gasteiger partial charge in [0.05, 0.1) is 0 Å². The highest BCUT2D eigenvalue weighted by molar-refractivity contribution is 7.99. The molecule has 0 unspecified atom stereocenters. The molecule has 0 aliphatic heterocycles. The van der Waals surface area contributed by atoms with Crippen LogP contribution in [0.25, 0.3) is 0 Å². The first kappa shape index (κ1) is 12.6. The van der Waals surface area contributed by atoms with Crippen molar-refractivity contribution in [3.63, 3.8) is 0 Å². The second-order valence-electron chi connectivity index (χ2n) is 3.49. The standard InChI is InChI=1S/C11H17NOSSi/c1-15(13)10-4-8-14-9-6-11-5-2-3-7-12-11/h2-3,5,7H,4,6,8-10H2,1H3. The van der Waals surface area contributed by atoms with E-state index in [0.29, 0.717) is 0 Å². The largest absolute Gasteiger partial charge is 0.389 e. The highest BCUT2D eigenvalue weighted by Crippen LogP contribution is 2.08. The Bertz CT molecular complexity index is 292. The van der Waals surface area contributed by atoms with Crippen molar-refractivity contribution in [2.24, 2.45) is 0 Å². The summed E-state index contributed by atoms with van der Waals surface area (Å²) < 4.78 is 10.9. The Morgan fingerprint density at radius 3 is 2.93 bits per heavy atom. The number of hydrogen-bond acceptors (Lipinski definition) is 3. The molecule has 0 bridgehead atoms. The molecular formula is C11H17NOSSi. The Kier molecular flexibility index (Phi) is 6.51. The Balaban J connectivity index is 2.00. The van der Waals surface area contributed by atoms with E-state index in [1.165, 1.54) is 0 Å². The molecule has 0 atom stereocenters. The van der Waals surface area contributed by atoms with Crippen molar-refractivity contribution in [2.45, 2.75) is 25.4 Å². The van der Waals surface area contributed by atoms with Crippen molar-refractivity contribution in [3.05, 3.63) is 30.1 Å². The highest BCUT2D eigenvalue weighted by Gasteiger charge is 1.97. The van der Waals surface area contributed by atoms with Crippen molar-refractivity contribution in [1.29, 1.82) is 0 Å². The lowest BCUT2D eigenvalue weighted by atomic mass is 10.3. The van der Waals surface area contributed by atoms with Gasteiger partial charge in [0, 0.05) is 11.9 Å². The summed E-state index contributed by atoms with van der Waals surface area (Å²) in [5, 5.41) is 0. The van der Waals surface area contributed by atoms with Crippen LogP contribution >= 0.6 is 11.8 Å². The fourth-order valence-corrected chi connectivity index (χ4v) is 3.08. The molecule has 4 heteroatoms. The van der Waals surface area contributed by atoms with Crippen LogP contribution in [0.15, 0.2) is 24.4 Å². The van der Waals surface area contributed by atoms with Gasteiger partial charge in [0.15, 0.2) is 0 Å². The first-order valence-electron chi connectivity index (χ1n) is 5.26. The van der Waals surface area contributed by atoms with Crippen molar-refractivity contribution in [3.8, 4) is 0 Å². The minimum absolute atomic E-state index is 0.904. The van der Waals surface area contributed by atoms with Crippen molar-refractivity contribution >= 4 is 20.4 Å². The zero-order valence-corrected chi connectivity index (χ0v) is 10.9. The molecule has 1 rings (SSSR count). The molecule has 0 spiro atoms. The quantitative estimate of drug-likeness (QED) is 0.541. The summed E-state index contributed by atoms with van der Waals surface area (Å²) >= 11 is 1.93. The molecule has 0 radical (unpaired) electrons. The van der Waals surface area contributed by atoms with Crippen LogP contribution in [-0.4, -0.2) is 25.2 Å². The van der Waals surface area contributed by atoms with E-state index in [9.17, 15) is 4.46 Å². The van der Waals surface area contributed by atoms with Gasteiger partial charge in [-0.15, -0.1) is 0 Å². The van der Waals surface area contributed by atoms with E-state index in [2.05, 4.69) is 11.1 Å². The molecule has 2 nitrogen and oxygen atoms in total. The number of rotatable bonds is 7. The first-order valence-corrected chi connectivity index (χ1v) is 8.53. The molecule has 82 valence electrons. The van der Waals surface area contributed by atoms with Gasteiger partial charge in [-0.1, -0.05) is 6.07 Å². The van der Waals surface area contributed by atoms with E-state index in [0.717, 1.165) is 36.1 Å². The highest BCUT2D eigenvalue weighted by atomic mass is 32.2. The maximum atomic E-state index is 10.9. The minimum atomic E-state index is -1.25. The number of nitrogens with zero attached hydrogens (tertiary/aromatic N) is 1. The van der Waals surface area contributed by atoms with E-state index < -0.39 is 8.68 Å². The van der Waals surface area contributed by atoms with E-state index in [4.69, 9.17) is 0 Å². The van der Waals surface area contributed by atoms with Crippen LogP contribution in [0.2, 0.25) is 12.6 Å². The van der Waals surface area contributed by atoms with Crippen LogP contribution in [0.4, 0.5) is 0 Å². The number of aromatic nitrogens is 1. The second-order valence-corrected chi connectivity index (χ2v) is 6.62. The van der Waals surface area contributed by atoms with Gasteiger partial charge < -0.3 is 4.46 Å². The third-order valence-electron chi connectivity index (χ3n) is 2.05. The molecule has 0 aliphatic carbocycles. The lowest BCUT2D eigenvalue weighted by Gasteiger charge is -2.00. The molecule has 15 heavy (non-hydrogen) atoms. The number of thioether (sulfide) groups is 1. The first-order chi connectivity index (χ1) is 7.29. The molecule has 0 N–H and O–H groups in total. The van der Waals surface area contributed by atoms with Gasteiger partial charge in [-0.3, -0.25) is 4.98 Å². The van der Waals surface area contributed by atoms with Gasteiger partial charge in [-0.2, -0.15) is 11.8 Å². The summed E-state index contributed by atoms with van der Waals surface area (Å²) in [4.78, 5) is 4.27. The molecule has 1 heterocycles. The number of pyridine rings is 1. The van der Waals surface area contributed by atoms with Crippen LogP contribution in [0.5, 0.6) is 0 Å². The van der Waals surface area contributed by atoms with Gasteiger partial charge in [0.2, 0.25) is 0 Å². The van der Waals surface area contributed by atoms with Crippen molar-refractivity contribution < 1.29 is 4.46 Å². The van der Waals surface area contributed by atoms with E-state index in [1.54, 1.807) is 0 Å².